The first-order valence-corrected chi connectivity index (χ1v) is 15.9. The Kier molecular flexibility index (Phi) is 10.4. The summed E-state index contributed by atoms with van der Waals surface area (Å²) in [4.78, 5) is 42.3. The number of likely N-dealkylation sites (tertiary alicyclic amines) is 1. The van der Waals surface area contributed by atoms with Gasteiger partial charge in [-0.1, -0.05) is 47.5 Å². The molecule has 10 heteroatoms. The van der Waals surface area contributed by atoms with Crippen LogP contribution in [-0.2, 0) is 9.53 Å². The maximum atomic E-state index is 13.9. The fraction of sp³-hybridized carbons (Fsp3) is 0.364. The minimum absolute atomic E-state index is 0.0541. The van der Waals surface area contributed by atoms with Gasteiger partial charge in [-0.3, -0.25) is 4.79 Å². The molecule has 3 aromatic rings. The number of benzene rings is 3. The van der Waals surface area contributed by atoms with Crippen molar-refractivity contribution in [3.63, 3.8) is 0 Å². The number of carbonyl (C=O) groups excluding carboxylic acids is 3. The van der Waals surface area contributed by atoms with Crippen molar-refractivity contribution in [3.05, 3.63) is 86.9 Å². The van der Waals surface area contributed by atoms with E-state index in [9.17, 15) is 14.4 Å². The fourth-order valence-electron chi connectivity index (χ4n) is 5.19. The number of thioether (sulfide) groups is 1. The smallest absolute Gasteiger partial charge is 0.415 e. The number of hydrogen-bond donors (Lipinski definition) is 0. The Balaban J connectivity index is 1.65. The van der Waals surface area contributed by atoms with E-state index in [1.54, 1.807) is 49.6 Å². The Morgan fingerprint density at radius 3 is 2.19 bits per heavy atom. The lowest BCUT2D eigenvalue weighted by Gasteiger charge is -2.27. The van der Waals surface area contributed by atoms with Gasteiger partial charge in [-0.2, -0.15) is 0 Å². The average Bonchev–Trinajstić information content (AvgIpc) is 3.42. The summed E-state index contributed by atoms with van der Waals surface area (Å²) in [5, 5.41) is 0.622. The Hall–Kier alpha value is -3.20. The van der Waals surface area contributed by atoms with Gasteiger partial charge in [0.05, 0.1) is 16.7 Å². The number of amides is 1. The minimum atomic E-state index is -1.19. The second-order valence-electron chi connectivity index (χ2n) is 11.0. The van der Waals surface area contributed by atoms with E-state index in [0.717, 1.165) is 21.6 Å². The van der Waals surface area contributed by atoms with Gasteiger partial charge in [0, 0.05) is 41.5 Å². The number of carbonyl (C=O) groups is 3. The molecule has 0 radical (unpaired) electrons. The number of nitrogens with zero attached hydrogens (tertiary/aromatic N) is 1. The highest BCUT2D eigenvalue weighted by Crippen LogP contribution is 2.39. The molecule has 0 aromatic heterocycles. The molecule has 0 unspecified atom stereocenters. The third-order valence-electron chi connectivity index (χ3n) is 7.42. The molecule has 1 aliphatic heterocycles. The van der Waals surface area contributed by atoms with Crippen LogP contribution >= 0.6 is 35.0 Å². The minimum Gasteiger partial charge on any atom is -0.476 e. The molecule has 7 nitrogen and oxygen atoms in total. The highest BCUT2D eigenvalue weighted by atomic mass is 35.5. The Morgan fingerprint density at radius 2 is 1.60 bits per heavy atom. The number of hydrogen-bond acceptors (Lipinski definition) is 7. The summed E-state index contributed by atoms with van der Waals surface area (Å²) < 4.78 is 17.0. The molecule has 0 spiro atoms. The number of aryl methyl sites for hydroxylation is 2. The van der Waals surface area contributed by atoms with Crippen LogP contribution in [0.25, 0.3) is 0 Å². The largest absolute Gasteiger partial charge is 0.476 e. The number of halogens is 2. The summed E-state index contributed by atoms with van der Waals surface area (Å²) in [7, 11) is 0. The molecule has 0 saturated carbocycles. The third kappa shape index (κ3) is 7.48. The molecule has 4 rings (SSSR count). The highest BCUT2D eigenvalue weighted by Gasteiger charge is 2.42. The van der Waals surface area contributed by atoms with Crippen LogP contribution in [0.1, 0.15) is 53.7 Å². The highest BCUT2D eigenvalue weighted by molar-refractivity contribution is 7.98. The number of ether oxygens (including phenoxy) is 3. The first-order valence-electron chi connectivity index (χ1n) is 13.9. The van der Waals surface area contributed by atoms with E-state index in [0.29, 0.717) is 16.3 Å². The Labute approximate surface area is 266 Å². The van der Waals surface area contributed by atoms with Crippen molar-refractivity contribution in [2.75, 3.05) is 26.0 Å². The van der Waals surface area contributed by atoms with Gasteiger partial charge >= 0.3 is 12.1 Å². The van der Waals surface area contributed by atoms with Crippen LogP contribution in [0.15, 0.2) is 59.5 Å². The predicted octanol–water partition coefficient (Wildman–Crippen LogP) is 8.15. The molecule has 43 heavy (non-hydrogen) atoms. The van der Waals surface area contributed by atoms with E-state index in [1.807, 2.05) is 56.5 Å². The molecular weight excluding hydrogens is 609 g/mol. The van der Waals surface area contributed by atoms with Crippen molar-refractivity contribution in [3.8, 4) is 11.5 Å². The number of esters is 1. The van der Waals surface area contributed by atoms with Gasteiger partial charge in [-0.25, -0.2) is 9.59 Å². The normalized spacial score (nSPS) is 16.6. The first kappa shape index (κ1) is 32.7. The van der Waals surface area contributed by atoms with Gasteiger partial charge in [-0.15, -0.1) is 11.8 Å². The lowest BCUT2D eigenvalue weighted by Crippen LogP contribution is -2.40. The van der Waals surface area contributed by atoms with Crippen molar-refractivity contribution >= 4 is 52.8 Å². The second kappa shape index (κ2) is 13.6. The van der Waals surface area contributed by atoms with E-state index in [4.69, 9.17) is 37.4 Å². The summed E-state index contributed by atoms with van der Waals surface area (Å²) in [6.45, 7) is 9.59. The van der Waals surface area contributed by atoms with E-state index in [1.165, 1.54) is 6.07 Å². The maximum Gasteiger partial charge on any atom is 0.415 e. The summed E-state index contributed by atoms with van der Waals surface area (Å²) in [6, 6.07) is 16.0. The Morgan fingerprint density at radius 1 is 0.953 bits per heavy atom. The van der Waals surface area contributed by atoms with E-state index in [2.05, 4.69) is 0 Å². The topological polar surface area (TPSA) is 82.1 Å². The number of ketones is 1. The molecule has 0 aliphatic carbocycles. The third-order valence-corrected chi connectivity index (χ3v) is 8.90. The molecule has 228 valence electrons. The molecule has 2 atom stereocenters. The van der Waals surface area contributed by atoms with Gasteiger partial charge in [0.2, 0.25) is 0 Å². The first-order chi connectivity index (χ1) is 20.3. The van der Waals surface area contributed by atoms with Crippen molar-refractivity contribution in [2.24, 2.45) is 5.92 Å². The molecule has 1 amide bonds. The maximum absolute atomic E-state index is 13.9. The van der Waals surface area contributed by atoms with Gasteiger partial charge in [0.25, 0.3) is 0 Å². The lowest BCUT2D eigenvalue weighted by atomic mass is 9.82. The fourth-order valence-corrected chi connectivity index (χ4v) is 5.89. The van der Waals surface area contributed by atoms with Crippen LogP contribution in [0.4, 0.5) is 4.79 Å². The SMILES string of the molecule is CCOC(=O)C(C)(C)Oc1c(C)cc([C@@H]2CN(C(=O)Oc3ccc(Cl)c(Cl)c3)C[C@H]2C(=O)c2ccc(SC)cc2)cc1C. The van der Waals surface area contributed by atoms with Crippen molar-refractivity contribution < 1.29 is 28.6 Å². The molecule has 1 saturated heterocycles. The molecule has 1 heterocycles. The van der Waals surface area contributed by atoms with Crippen LogP contribution in [-0.4, -0.2) is 54.3 Å². The van der Waals surface area contributed by atoms with Gasteiger partial charge < -0.3 is 19.1 Å². The quantitative estimate of drug-likeness (QED) is 0.132. The van der Waals surface area contributed by atoms with Gasteiger partial charge in [0.15, 0.2) is 11.4 Å². The van der Waals surface area contributed by atoms with E-state index < -0.39 is 23.6 Å². The second-order valence-corrected chi connectivity index (χ2v) is 12.7. The van der Waals surface area contributed by atoms with Crippen molar-refractivity contribution in [2.45, 2.75) is 51.0 Å². The van der Waals surface area contributed by atoms with Crippen LogP contribution in [0.3, 0.4) is 0 Å². The number of rotatable bonds is 9. The van der Waals surface area contributed by atoms with E-state index >= 15 is 0 Å². The molecular formula is C33H35Cl2NO6S. The zero-order valence-electron chi connectivity index (χ0n) is 25.0. The summed E-state index contributed by atoms with van der Waals surface area (Å²) in [5.74, 6) is -0.492. The zero-order valence-corrected chi connectivity index (χ0v) is 27.4. The summed E-state index contributed by atoms with van der Waals surface area (Å²) >= 11 is 13.7. The molecule has 1 fully saturated rings. The lowest BCUT2D eigenvalue weighted by molar-refractivity contribution is -0.158. The van der Waals surface area contributed by atoms with Crippen molar-refractivity contribution in [1.29, 1.82) is 0 Å². The number of Topliss-reactive ketones (excluding diaryl/α,β-unsaturated/α-hetero) is 1. The standard InChI is InChI=1S/C33H35Cl2NO6S/c1-7-40-31(38)33(4,5)42-30-19(2)14-22(15-20(30)3)25-17-36(32(39)41-23-10-13-27(34)28(35)16-23)18-26(25)29(37)21-8-11-24(43-6)12-9-21/h8-16,25-26H,7,17-18H2,1-6H3/t25-,26+/m0/s1. The molecule has 3 aromatic carbocycles. The van der Waals surface area contributed by atoms with Crippen molar-refractivity contribution in [1.82, 2.24) is 4.90 Å². The molecule has 0 bridgehead atoms. The summed E-state index contributed by atoms with van der Waals surface area (Å²) in [6.07, 6.45) is 1.40. The molecule has 0 N–H and O–H groups in total. The van der Waals surface area contributed by atoms with Crippen LogP contribution in [0, 0.1) is 19.8 Å². The van der Waals surface area contributed by atoms with Crippen LogP contribution in [0.5, 0.6) is 11.5 Å². The van der Waals surface area contributed by atoms with Crippen LogP contribution < -0.4 is 9.47 Å². The molecule has 1 aliphatic rings. The van der Waals surface area contributed by atoms with E-state index in [-0.39, 0.29) is 42.2 Å². The van der Waals surface area contributed by atoms with Gasteiger partial charge in [0.1, 0.15) is 11.5 Å². The average molecular weight is 645 g/mol. The monoisotopic (exact) mass is 643 g/mol. The van der Waals surface area contributed by atoms with Crippen LogP contribution in [0.2, 0.25) is 10.0 Å². The Bertz CT molecular complexity index is 1500. The summed E-state index contributed by atoms with van der Waals surface area (Å²) in [5.41, 5.74) is 1.89. The zero-order chi connectivity index (χ0) is 31.5. The predicted molar refractivity (Wildman–Crippen MR) is 170 cm³/mol. The van der Waals surface area contributed by atoms with Gasteiger partial charge in [-0.05, 0) is 81.8 Å².